The normalized spacial score (nSPS) is 10.6. The van der Waals surface area contributed by atoms with Crippen LogP contribution in [0.25, 0.3) is 0 Å². The van der Waals surface area contributed by atoms with Gasteiger partial charge in [-0.3, -0.25) is 4.79 Å². The second kappa shape index (κ2) is 6.14. The van der Waals surface area contributed by atoms with Crippen molar-refractivity contribution in [1.29, 1.82) is 0 Å². The van der Waals surface area contributed by atoms with Crippen molar-refractivity contribution in [1.82, 2.24) is 0 Å². The summed E-state index contributed by atoms with van der Waals surface area (Å²) in [5, 5.41) is 0.526. The number of Topliss-reactive ketones (excluding diaryl/α,β-unsaturated/α-hetero) is 1. The monoisotopic (exact) mass is 294 g/mol. The molecule has 2 aromatic rings. The summed E-state index contributed by atoms with van der Waals surface area (Å²) < 4.78 is 26.2. The Morgan fingerprint density at radius 3 is 2.35 bits per heavy atom. The first kappa shape index (κ1) is 14.7. The lowest BCUT2D eigenvalue weighted by Gasteiger charge is -2.06. The zero-order valence-corrected chi connectivity index (χ0v) is 11.7. The molecule has 2 aromatic carbocycles. The van der Waals surface area contributed by atoms with E-state index in [0.29, 0.717) is 10.6 Å². The Kier molecular flexibility index (Phi) is 4.50. The lowest BCUT2D eigenvalue weighted by molar-refractivity contribution is -0.117. The van der Waals surface area contributed by atoms with E-state index in [0.717, 1.165) is 17.7 Å². The van der Waals surface area contributed by atoms with Crippen molar-refractivity contribution in [3.8, 4) is 0 Å². The van der Waals surface area contributed by atoms with Gasteiger partial charge in [0.15, 0.2) is 0 Å². The quantitative estimate of drug-likeness (QED) is 0.822. The molecule has 0 N–H and O–H groups in total. The molecule has 0 aliphatic rings. The highest BCUT2D eigenvalue weighted by atomic mass is 35.5. The van der Waals surface area contributed by atoms with Crippen molar-refractivity contribution >= 4 is 17.4 Å². The van der Waals surface area contributed by atoms with Crippen LogP contribution in [-0.2, 0) is 17.6 Å². The van der Waals surface area contributed by atoms with Crippen molar-refractivity contribution in [3.05, 3.63) is 69.7 Å². The van der Waals surface area contributed by atoms with Crippen molar-refractivity contribution in [2.24, 2.45) is 0 Å². The Labute approximate surface area is 121 Å². The second-order valence-electron chi connectivity index (χ2n) is 4.72. The summed E-state index contributed by atoms with van der Waals surface area (Å²) in [4.78, 5) is 11.9. The highest BCUT2D eigenvalue weighted by Gasteiger charge is 2.11. The number of ketones is 1. The molecule has 0 fully saturated rings. The third-order valence-electron chi connectivity index (χ3n) is 3.00. The van der Waals surface area contributed by atoms with Gasteiger partial charge in [0.05, 0.1) is 0 Å². The molecule has 0 saturated carbocycles. The van der Waals surface area contributed by atoms with E-state index in [1.807, 2.05) is 13.0 Å². The van der Waals surface area contributed by atoms with Crippen LogP contribution in [0.4, 0.5) is 8.78 Å². The number of carbonyl (C=O) groups excluding carboxylic acids is 1. The van der Waals surface area contributed by atoms with Gasteiger partial charge in [0.25, 0.3) is 0 Å². The van der Waals surface area contributed by atoms with Gasteiger partial charge in [-0.15, -0.1) is 0 Å². The van der Waals surface area contributed by atoms with Crippen LogP contribution in [0.2, 0.25) is 5.02 Å². The van der Waals surface area contributed by atoms with Gasteiger partial charge in [0, 0.05) is 23.9 Å². The number of halogens is 3. The minimum absolute atomic E-state index is 0.0731. The highest BCUT2D eigenvalue weighted by molar-refractivity contribution is 6.31. The predicted octanol–water partition coefficient (Wildman–Crippen LogP) is 4.28. The van der Waals surface area contributed by atoms with E-state index in [2.05, 4.69) is 0 Å². The Balaban J connectivity index is 2.09. The number of rotatable bonds is 4. The Bertz CT molecular complexity index is 597. The summed E-state index contributed by atoms with van der Waals surface area (Å²) in [5.41, 5.74) is 1.92. The first-order valence-electron chi connectivity index (χ1n) is 6.16. The van der Waals surface area contributed by atoms with E-state index >= 15 is 0 Å². The molecular weight excluding hydrogens is 282 g/mol. The summed E-state index contributed by atoms with van der Waals surface area (Å²) in [6.45, 7) is 1.91. The van der Waals surface area contributed by atoms with Gasteiger partial charge in [-0.1, -0.05) is 29.8 Å². The lowest BCUT2D eigenvalue weighted by Crippen LogP contribution is -2.08. The second-order valence-corrected chi connectivity index (χ2v) is 5.13. The standard InChI is InChI=1S/C16H13ClF2O/c1-10-2-3-11(15(17)6-10)7-14(20)8-12-4-5-13(18)9-16(12)19/h2-6,9H,7-8H2,1H3. The number of carbonyl (C=O) groups is 1. The van der Waals surface area contributed by atoms with E-state index in [1.54, 1.807) is 12.1 Å². The van der Waals surface area contributed by atoms with Crippen LogP contribution in [0.1, 0.15) is 16.7 Å². The number of hydrogen-bond donors (Lipinski definition) is 0. The summed E-state index contributed by atoms with van der Waals surface area (Å²) >= 11 is 6.05. The molecule has 0 aliphatic carbocycles. The molecule has 0 aromatic heterocycles. The van der Waals surface area contributed by atoms with E-state index in [4.69, 9.17) is 11.6 Å². The fraction of sp³-hybridized carbons (Fsp3) is 0.188. The molecule has 2 rings (SSSR count). The van der Waals surface area contributed by atoms with Crippen LogP contribution in [0.15, 0.2) is 36.4 Å². The van der Waals surface area contributed by atoms with Crippen LogP contribution in [0.5, 0.6) is 0 Å². The van der Waals surface area contributed by atoms with Gasteiger partial charge < -0.3 is 0 Å². The average Bonchev–Trinajstić information content (AvgIpc) is 2.36. The van der Waals surface area contributed by atoms with Crippen LogP contribution in [0, 0.1) is 18.6 Å². The summed E-state index contributed by atoms with van der Waals surface area (Å²) in [6, 6.07) is 8.65. The van der Waals surface area contributed by atoms with Crippen LogP contribution < -0.4 is 0 Å². The third kappa shape index (κ3) is 3.64. The molecule has 0 unspecified atom stereocenters. The minimum atomic E-state index is -0.701. The van der Waals surface area contributed by atoms with Gasteiger partial charge in [-0.05, 0) is 35.7 Å². The van der Waals surface area contributed by atoms with Crippen LogP contribution in [-0.4, -0.2) is 5.78 Å². The topological polar surface area (TPSA) is 17.1 Å². The van der Waals surface area contributed by atoms with Crippen molar-refractivity contribution in [2.75, 3.05) is 0 Å². The lowest BCUT2D eigenvalue weighted by atomic mass is 10.0. The van der Waals surface area contributed by atoms with Crippen molar-refractivity contribution in [2.45, 2.75) is 19.8 Å². The molecule has 0 aliphatic heterocycles. The number of hydrogen-bond acceptors (Lipinski definition) is 1. The molecule has 0 heterocycles. The maximum atomic E-state index is 13.5. The third-order valence-corrected chi connectivity index (χ3v) is 3.35. The first-order valence-corrected chi connectivity index (χ1v) is 6.54. The van der Waals surface area contributed by atoms with Gasteiger partial charge in [-0.25, -0.2) is 8.78 Å². The van der Waals surface area contributed by atoms with Crippen molar-refractivity contribution < 1.29 is 13.6 Å². The molecule has 0 saturated heterocycles. The van der Waals surface area contributed by atoms with Gasteiger partial charge in [0.2, 0.25) is 0 Å². The van der Waals surface area contributed by atoms with E-state index in [9.17, 15) is 13.6 Å². The Morgan fingerprint density at radius 2 is 1.70 bits per heavy atom. The highest BCUT2D eigenvalue weighted by Crippen LogP contribution is 2.19. The summed E-state index contributed by atoms with van der Waals surface area (Å²) in [5.74, 6) is -1.52. The van der Waals surface area contributed by atoms with Crippen molar-refractivity contribution in [3.63, 3.8) is 0 Å². The first-order chi connectivity index (χ1) is 9.45. The molecule has 0 bridgehead atoms. The van der Waals surface area contributed by atoms with E-state index in [-0.39, 0.29) is 24.2 Å². The fourth-order valence-corrected chi connectivity index (χ4v) is 2.25. The zero-order valence-electron chi connectivity index (χ0n) is 10.9. The largest absolute Gasteiger partial charge is 0.299 e. The van der Waals surface area contributed by atoms with Gasteiger partial charge in [-0.2, -0.15) is 0 Å². The summed E-state index contributed by atoms with van der Waals surface area (Å²) in [7, 11) is 0. The molecule has 0 atom stereocenters. The number of aryl methyl sites for hydroxylation is 1. The number of benzene rings is 2. The molecule has 1 nitrogen and oxygen atoms in total. The molecular formula is C16H13ClF2O. The molecule has 0 spiro atoms. The molecule has 0 amide bonds. The van der Waals surface area contributed by atoms with Gasteiger partial charge in [0.1, 0.15) is 17.4 Å². The summed E-state index contributed by atoms with van der Waals surface area (Å²) in [6.07, 6.45) is 0.0618. The van der Waals surface area contributed by atoms with E-state index in [1.165, 1.54) is 6.07 Å². The molecule has 20 heavy (non-hydrogen) atoms. The fourth-order valence-electron chi connectivity index (χ4n) is 1.95. The Hall–Kier alpha value is -1.74. The predicted molar refractivity (Wildman–Crippen MR) is 75.0 cm³/mol. The SMILES string of the molecule is Cc1ccc(CC(=O)Cc2ccc(F)cc2F)c(Cl)c1. The maximum Gasteiger partial charge on any atom is 0.141 e. The zero-order chi connectivity index (χ0) is 14.7. The van der Waals surface area contributed by atoms with E-state index < -0.39 is 11.6 Å². The smallest absolute Gasteiger partial charge is 0.141 e. The van der Waals surface area contributed by atoms with Crippen LogP contribution in [0.3, 0.4) is 0 Å². The Morgan fingerprint density at radius 1 is 1.05 bits per heavy atom. The minimum Gasteiger partial charge on any atom is -0.299 e. The molecule has 0 radical (unpaired) electrons. The molecule has 104 valence electrons. The van der Waals surface area contributed by atoms with Crippen LogP contribution >= 0.6 is 11.6 Å². The molecule has 4 heteroatoms. The van der Waals surface area contributed by atoms with Gasteiger partial charge >= 0.3 is 0 Å². The maximum absolute atomic E-state index is 13.5. The average molecular weight is 295 g/mol.